The van der Waals surface area contributed by atoms with Gasteiger partial charge in [-0.25, -0.2) is 13.4 Å². The smallest absolute Gasteiger partial charge is 0.188 e. The highest BCUT2D eigenvalue weighted by Crippen LogP contribution is 2.33. The Labute approximate surface area is 145 Å². The van der Waals surface area contributed by atoms with Crippen LogP contribution in [0.15, 0.2) is 23.4 Å². The van der Waals surface area contributed by atoms with Gasteiger partial charge in [0.05, 0.1) is 17.6 Å². The molecule has 22 heavy (non-hydrogen) atoms. The number of pyridine rings is 1. The van der Waals surface area contributed by atoms with Crippen molar-refractivity contribution in [1.29, 1.82) is 0 Å². The van der Waals surface area contributed by atoms with E-state index in [1.807, 2.05) is 0 Å². The number of aromatic nitrogens is 2. The van der Waals surface area contributed by atoms with Crippen molar-refractivity contribution in [3.8, 4) is 5.75 Å². The van der Waals surface area contributed by atoms with Crippen LogP contribution in [0.2, 0.25) is 0 Å². The molecule has 0 aliphatic heterocycles. The van der Waals surface area contributed by atoms with E-state index < -0.39 is 14.6 Å². The van der Waals surface area contributed by atoms with Crippen LogP contribution in [0.25, 0.3) is 5.65 Å². The molecule has 2 rings (SSSR count). The van der Waals surface area contributed by atoms with Crippen molar-refractivity contribution in [3.05, 3.63) is 22.2 Å². The number of imidazole rings is 1. The predicted octanol–water partition coefficient (Wildman–Crippen LogP) is 3.69. The number of rotatable bonds is 5. The number of ether oxygens (including phenoxy) is 1. The summed E-state index contributed by atoms with van der Waals surface area (Å²) >= 11 is 2.13. The fourth-order valence-electron chi connectivity index (χ4n) is 1.93. The lowest BCUT2D eigenvalue weighted by Gasteiger charge is -2.21. The third-order valence-corrected chi connectivity index (χ3v) is 6.68. The minimum Gasteiger partial charge on any atom is -0.492 e. The highest BCUT2D eigenvalue weighted by atomic mass is 127. The van der Waals surface area contributed by atoms with Crippen molar-refractivity contribution in [2.75, 3.05) is 6.61 Å². The third kappa shape index (κ3) is 3.24. The minimum atomic E-state index is -3.51. The molecule has 0 saturated carbocycles. The molecule has 0 radical (unpaired) electrons. The second-order valence-corrected chi connectivity index (χ2v) is 9.91. The van der Waals surface area contributed by atoms with Crippen LogP contribution < -0.4 is 4.74 Å². The summed E-state index contributed by atoms with van der Waals surface area (Å²) in [4.78, 5) is 4.49. The number of fused-ring (bicyclic) bond motifs is 1. The normalized spacial score (nSPS) is 12.8. The summed E-state index contributed by atoms with van der Waals surface area (Å²) < 4.78 is 33.2. The van der Waals surface area contributed by atoms with E-state index in [0.717, 1.165) is 16.5 Å². The molecule has 2 heterocycles. The topological polar surface area (TPSA) is 60.7 Å². The number of unbranched alkanes of at least 4 members (excludes halogenated alkanes) is 1. The van der Waals surface area contributed by atoms with Crippen molar-refractivity contribution >= 4 is 38.1 Å². The van der Waals surface area contributed by atoms with Gasteiger partial charge < -0.3 is 4.74 Å². The second kappa shape index (κ2) is 6.35. The van der Waals surface area contributed by atoms with E-state index in [1.165, 1.54) is 0 Å². The number of sulfone groups is 1. The summed E-state index contributed by atoms with van der Waals surface area (Å²) in [5.41, 5.74) is 0.684. The van der Waals surface area contributed by atoms with E-state index in [4.69, 9.17) is 4.74 Å². The van der Waals surface area contributed by atoms with Gasteiger partial charge in [-0.05, 0) is 49.8 Å². The Balaban J connectivity index is 2.62. The standard InChI is InChI=1S/C15H21IN2O3S/c1-5-6-7-21-11-8-14-17-9-13(16)18(14)10-12(11)22(19,20)15(2,3)4/h8-10H,5-7H2,1-4H3. The summed E-state index contributed by atoms with van der Waals surface area (Å²) in [6.07, 6.45) is 5.20. The first-order valence-electron chi connectivity index (χ1n) is 7.22. The largest absolute Gasteiger partial charge is 0.492 e. The van der Waals surface area contributed by atoms with Crippen LogP contribution >= 0.6 is 22.6 Å². The number of halogens is 1. The summed E-state index contributed by atoms with van der Waals surface area (Å²) in [6, 6.07) is 1.70. The molecule has 0 amide bonds. The molecule has 0 aliphatic rings. The van der Waals surface area contributed by atoms with Crippen LogP contribution in [0.4, 0.5) is 0 Å². The maximum absolute atomic E-state index is 12.9. The molecule has 0 unspecified atom stereocenters. The molecule has 0 bridgehead atoms. The Kier molecular flexibility index (Phi) is 5.06. The molecular weight excluding hydrogens is 415 g/mol. The first-order valence-corrected chi connectivity index (χ1v) is 9.78. The Morgan fingerprint density at radius 1 is 1.36 bits per heavy atom. The molecule has 5 nitrogen and oxygen atoms in total. The minimum absolute atomic E-state index is 0.222. The zero-order valence-electron chi connectivity index (χ0n) is 13.3. The molecule has 122 valence electrons. The summed E-state index contributed by atoms with van der Waals surface area (Å²) in [6.45, 7) is 7.65. The van der Waals surface area contributed by atoms with Crippen LogP contribution in [0.1, 0.15) is 40.5 Å². The average molecular weight is 436 g/mol. The van der Waals surface area contributed by atoms with E-state index >= 15 is 0 Å². The Bertz CT molecular complexity index is 776. The molecule has 0 N–H and O–H groups in total. The van der Waals surface area contributed by atoms with E-state index in [9.17, 15) is 8.42 Å². The van der Waals surface area contributed by atoms with Crippen LogP contribution in [0, 0.1) is 3.70 Å². The lowest BCUT2D eigenvalue weighted by Crippen LogP contribution is -2.28. The molecule has 0 aromatic carbocycles. The molecule has 2 aromatic rings. The number of nitrogens with zero attached hydrogens (tertiary/aromatic N) is 2. The lowest BCUT2D eigenvalue weighted by molar-refractivity contribution is 0.301. The van der Waals surface area contributed by atoms with Crippen LogP contribution in [0.5, 0.6) is 5.75 Å². The molecular formula is C15H21IN2O3S. The Morgan fingerprint density at radius 3 is 2.64 bits per heavy atom. The van der Waals surface area contributed by atoms with Gasteiger partial charge in [-0.3, -0.25) is 4.40 Å². The molecule has 0 spiro atoms. The van der Waals surface area contributed by atoms with Gasteiger partial charge in [0.1, 0.15) is 20.0 Å². The highest BCUT2D eigenvalue weighted by molar-refractivity contribution is 14.1. The van der Waals surface area contributed by atoms with Crippen molar-refractivity contribution in [2.45, 2.75) is 50.2 Å². The fraction of sp³-hybridized carbons (Fsp3) is 0.533. The number of hydrogen-bond acceptors (Lipinski definition) is 4. The van der Waals surface area contributed by atoms with Crippen molar-refractivity contribution in [1.82, 2.24) is 9.38 Å². The van der Waals surface area contributed by atoms with Gasteiger partial charge in [-0.15, -0.1) is 0 Å². The highest BCUT2D eigenvalue weighted by Gasteiger charge is 2.34. The van der Waals surface area contributed by atoms with Gasteiger partial charge in [0.15, 0.2) is 9.84 Å². The fourth-order valence-corrected chi connectivity index (χ4v) is 3.74. The first-order chi connectivity index (χ1) is 10.2. The monoisotopic (exact) mass is 436 g/mol. The van der Waals surface area contributed by atoms with E-state index in [0.29, 0.717) is 18.0 Å². The van der Waals surface area contributed by atoms with Gasteiger partial charge in [0.25, 0.3) is 0 Å². The molecule has 0 aliphatic carbocycles. The number of hydrogen-bond donors (Lipinski definition) is 0. The van der Waals surface area contributed by atoms with Crippen molar-refractivity contribution in [2.24, 2.45) is 0 Å². The van der Waals surface area contributed by atoms with Gasteiger partial charge >= 0.3 is 0 Å². The van der Waals surface area contributed by atoms with E-state index in [-0.39, 0.29) is 4.90 Å². The van der Waals surface area contributed by atoms with Gasteiger partial charge in [0, 0.05) is 12.3 Å². The maximum Gasteiger partial charge on any atom is 0.188 e. The van der Waals surface area contributed by atoms with E-state index in [1.54, 1.807) is 43.6 Å². The van der Waals surface area contributed by atoms with Crippen LogP contribution in [-0.2, 0) is 9.84 Å². The molecule has 0 atom stereocenters. The third-order valence-electron chi connectivity index (χ3n) is 3.38. The zero-order valence-corrected chi connectivity index (χ0v) is 16.2. The predicted molar refractivity (Wildman–Crippen MR) is 95.3 cm³/mol. The van der Waals surface area contributed by atoms with Gasteiger partial charge in [0.2, 0.25) is 0 Å². The van der Waals surface area contributed by atoms with Crippen molar-refractivity contribution in [3.63, 3.8) is 0 Å². The zero-order chi connectivity index (χ0) is 16.5. The second-order valence-electron chi connectivity index (χ2n) is 6.13. The summed E-state index contributed by atoms with van der Waals surface area (Å²) in [5.74, 6) is 0.387. The molecule has 2 aromatic heterocycles. The van der Waals surface area contributed by atoms with Crippen molar-refractivity contribution < 1.29 is 13.2 Å². The Morgan fingerprint density at radius 2 is 2.05 bits per heavy atom. The van der Waals surface area contributed by atoms with E-state index in [2.05, 4.69) is 34.5 Å². The van der Waals surface area contributed by atoms with Gasteiger partial charge in [-0.1, -0.05) is 13.3 Å². The Hall–Kier alpha value is -0.830. The van der Waals surface area contributed by atoms with Crippen LogP contribution in [0.3, 0.4) is 0 Å². The first kappa shape index (κ1) is 17.5. The summed E-state index contributed by atoms with van der Waals surface area (Å²) in [5, 5.41) is 0. The lowest BCUT2D eigenvalue weighted by atomic mass is 10.3. The quantitative estimate of drug-likeness (QED) is 0.530. The maximum atomic E-state index is 12.9. The molecule has 0 saturated heterocycles. The summed E-state index contributed by atoms with van der Waals surface area (Å²) in [7, 11) is -3.51. The SMILES string of the molecule is CCCCOc1cc2ncc(I)n2cc1S(=O)(=O)C(C)(C)C. The molecule has 0 fully saturated rings. The molecule has 7 heteroatoms. The van der Waals surface area contributed by atoms with Gasteiger partial charge in [-0.2, -0.15) is 0 Å². The van der Waals surface area contributed by atoms with Crippen LogP contribution in [-0.4, -0.2) is 29.2 Å². The average Bonchev–Trinajstić information content (AvgIpc) is 2.78.